The molecule has 78 valence electrons. The van der Waals surface area contributed by atoms with Gasteiger partial charge >= 0.3 is 6.01 Å². The van der Waals surface area contributed by atoms with Gasteiger partial charge in [-0.3, -0.25) is 10.1 Å². The van der Waals surface area contributed by atoms with Crippen LogP contribution < -0.4 is 10.1 Å². The minimum atomic E-state index is -0.344. The zero-order chi connectivity index (χ0) is 10.7. The van der Waals surface area contributed by atoms with E-state index in [0.29, 0.717) is 4.88 Å². The maximum absolute atomic E-state index is 11.5. The zero-order valence-electron chi connectivity index (χ0n) is 7.59. The highest BCUT2D eigenvalue weighted by Crippen LogP contribution is 2.08. The van der Waals surface area contributed by atoms with Crippen molar-refractivity contribution < 1.29 is 9.53 Å². The molecular formula is C6H6N6O2S. The topological polar surface area (TPSA) is 106 Å². The number of nitrogens with one attached hydrogen (secondary N) is 2. The Hall–Kier alpha value is -2.03. The molecule has 0 bridgehead atoms. The number of rotatable bonds is 3. The molecule has 0 unspecified atom stereocenters. The average molecular weight is 226 g/mol. The van der Waals surface area contributed by atoms with Crippen molar-refractivity contribution in [3.05, 3.63) is 11.1 Å². The molecule has 0 spiro atoms. The van der Waals surface area contributed by atoms with Crippen LogP contribution >= 0.6 is 11.5 Å². The summed E-state index contributed by atoms with van der Waals surface area (Å²) in [4.78, 5) is 15.7. The fraction of sp³-hybridized carbons (Fsp3) is 0.167. The summed E-state index contributed by atoms with van der Waals surface area (Å²) in [5.41, 5.74) is 0. The summed E-state index contributed by atoms with van der Waals surface area (Å²) in [7, 11) is 1.43. The molecule has 0 aliphatic rings. The number of carbonyl (C=O) groups excluding carboxylic acids is 1. The fourth-order valence-corrected chi connectivity index (χ4v) is 1.24. The van der Waals surface area contributed by atoms with Crippen LogP contribution in [0.5, 0.6) is 6.01 Å². The van der Waals surface area contributed by atoms with Crippen LogP contribution in [0.15, 0.2) is 6.20 Å². The van der Waals surface area contributed by atoms with E-state index in [0.717, 1.165) is 11.5 Å². The van der Waals surface area contributed by atoms with Crippen LogP contribution in [-0.2, 0) is 0 Å². The molecule has 2 aromatic heterocycles. The molecule has 2 N–H and O–H groups in total. The van der Waals surface area contributed by atoms with Crippen LogP contribution in [0.3, 0.4) is 0 Å². The quantitative estimate of drug-likeness (QED) is 0.758. The van der Waals surface area contributed by atoms with Gasteiger partial charge in [-0.25, -0.2) is 5.10 Å². The van der Waals surface area contributed by atoms with Crippen molar-refractivity contribution in [1.82, 2.24) is 24.8 Å². The van der Waals surface area contributed by atoms with E-state index in [-0.39, 0.29) is 17.9 Å². The van der Waals surface area contributed by atoms with E-state index in [1.54, 1.807) is 0 Å². The largest absolute Gasteiger partial charge is 0.466 e. The monoisotopic (exact) mass is 226 g/mol. The Morgan fingerprint density at radius 1 is 1.67 bits per heavy atom. The lowest BCUT2D eigenvalue weighted by Crippen LogP contribution is -2.11. The van der Waals surface area contributed by atoms with E-state index in [1.807, 2.05) is 0 Å². The highest BCUT2D eigenvalue weighted by atomic mass is 32.1. The number of carbonyl (C=O) groups is 1. The first-order valence-corrected chi connectivity index (χ1v) is 4.62. The van der Waals surface area contributed by atoms with Gasteiger partial charge in [0, 0.05) is 0 Å². The standard InChI is InChI=1S/C6H6N6O2S/c1-14-6-9-5(10-11-6)8-4(13)3-2-7-12-15-3/h2H,1H3,(H2,8,9,10,11,13). The smallest absolute Gasteiger partial charge is 0.336 e. The van der Waals surface area contributed by atoms with Crippen molar-refractivity contribution in [1.29, 1.82) is 0 Å². The van der Waals surface area contributed by atoms with Crippen LogP contribution in [0.25, 0.3) is 0 Å². The SMILES string of the molecule is COc1n[nH]c(NC(=O)c2cnns2)n1. The van der Waals surface area contributed by atoms with E-state index in [9.17, 15) is 4.79 Å². The van der Waals surface area contributed by atoms with Crippen LogP contribution in [0.1, 0.15) is 9.67 Å². The molecule has 9 heteroatoms. The Kier molecular flexibility index (Phi) is 2.54. The minimum Gasteiger partial charge on any atom is -0.466 e. The van der Waals surface area contributed by atoms with Gasteiger partial charge in [0.2, 0.25) is 5.95 Å². The summed E-state index contributed by atoms with van der Waals surface area (Å²) in [6.07, 6.45) is 1.37. The first kappa shape index (κ1) is 9.52. The molecule has 1 amide bonds. The summed E-state index contributed by atoms with van der Waals surface area (Å²) >= 11 is 0.996. The maximum Gasteiger partial charge on any atom is 0.336 e. The molecule has 0 aliphatic carbocycles. The van der Waals surface area contributed by atoms with Crippen LogP contribution in [0.2, 0.25) is 0 Å². The van der Waals surface area contributed by atoms with Crippen molar-refractivity contribution in [2.45, 2.75) is 0 Å². The number of aromatic nitrogens is 5. The van der Waals surface area contributed by atoms with Gasteiger partial charge in [-0.15, -0.1) is 10.2 Å². The number of ether oxygens (including phenoxy) is 1. The molecule has 15 heavy (non-hydrogen) atoms. The highest BCUT2D eigenvalue weighted by Gasteiger charge is 2.11. The zero-order valence-corrected chi connectivity index (χ0v) is 8.41. The number of amides is 1. The molecule has 0 aromatic carbocycles. The van der Waals surface area contributed by atoms with Gasteiger partial charge in [-0.05, 0) is 11.5 Å². The second-order valence-electron chi connectivity index (χ2n) is 2.41. The lowest BCUT2D eigenvalue weighted by Gasteiger charge is -1.95. The Labute approximate surface area is 87.8 Å². The predicted octanol–water partition coefficient (Wildman–Crippen LogP) is -0.0829. The van der Waals surface area contributed by atoms with Crippen LogP contribution in [0.4, 0.5) is 5.95 Å². The molecule has 0 radical (unpaired) electrons. The normalized spacial score (nSPS) is 9.93. The number of H-pyrrole nitrogens is 1. The van der Waals surface area contributed by atoms with Gasteiger partial charge in [0.05, 0.1) is 13.3 Å². The lowest BCUT2D eigenvalue weighted by atomic mass is 10.5. The van der Waals surface area contributed by atoms with E-state index < -0.39 is 0 Å². The molecule has 0 saturated carbocycles. The third-order valence-corrected chi connectivity index (χ3v) is 2.13. The Balaban J connectivity index is 2.06. The van der Waals surface area contributed by atoms with Crippen molar-refractivity contribution in [3.63, 3.8) is 0 Å². The Morgan fingerprint density at radius 2 is 2.53 bits per heavy atom. The van der Waals surface area contributed by atoms with E-state index in [1.165, 1.54) is 13.3 Å². The highest BCUT2D eigenvalue weighted by molar-refractivity contribution is 7.07. The van der Waals surface area contributed by atoms with E-state index >= 15 is 0 Å². The molecule has 2 heterocycles. The molecule has 0 aliphatic heterocycles. The van der Waals surface area contributed by atoms with Crippen molar-refractivity contribution in [2.24, 2.45) is 0 Å². The van der Waals surface area contributed by atoms with Gasteiger partial charge in [-0.2, -0.15) is 4.98 Å². The fourth-order valence-electron chi connectivity index (χ4n) is 0.830. The van der Waals surface area contributed by atoms with Crippen molar-refractivity contribution in [3.8, 4) is 6.01 Å². The van der Waals surface area contributed by atoms with E-state index in [4.69, 9.17) is 4.74 Å². The van der Waals surface area contributed by atoms with Crippen LogP contribution in [0, 0.1) is 0 Å². The number of nitrogens with zero attached hydrogens (tertiary/aromatic N) is 4. The molecule has 0 atom stereocenters. The Bertz CT molecular complexity index is 452. The summed E-state index contributed by atoms with van der Waals surface area (Å²) in [6.45, 7) is 0. The molecule has 2 aromatic rings. The summed E-state index contributed by atoms with van der Waals surface area (Å²) in [5, 5.41) is 12.2. The summed E-state index contributed by atoms with van der Waals surface area (Å²) in [6, 6.07) is 0.160. The van der Waals surface area contributed by atoms with Gasteiger partial charge < -0.3 is 4.74 Å². The number of anilines is 1. The number of aromatic amines is 1. The van der Waals surface area contributed by atoms with Crippen molar-refractivity contribution >= 4 is 23.4 Å². The second kappa shape index (κ2) is 4.00. The number of hydrogen-bond acceptors (Lipinski definition) is 7. The molecular weight excluding hydrogens is 220 g/mol. The second-order valence-corrected chi connectivity index (χ2v) is 3.19. The predicted molar refractivity (Wildman–Crippen MR) is 50.8 cm³/mol. The first-order valence-electron chi connectivity index (χ1n) is 3.84. The maximum atomic E-state index is 11.5. The van der Waals surface area contributed by atoms with Crippen molar-refractivity contribution in [2.75, 3.05) is 12.4 Å². The number of hydrogen-bond donors (Lipinski definition) is 2. The van der Waals surface area contributed by atoms with Crippen LogP contribution in [-0.4, -0.2) is 37.8 Å². The van der Waals surface area contributed by atoms with Gasteiger partial charge in [0.25, 0.3) is 5.91 Å². The lowest BCUT2D eigenvalue weighted by molar-refractivity contribution is 0.102. The minimum absolute atomic E-state index is 0.160. The van der Waals surface area contributed by atoms with Gasteiger partial charge in [-0.1, -0.05) is 4.49 Å². The third kappa shape index (κ3) is 2.07. The number of methoxy groups -OCH3 is 1. The molecule has 0 saturated heterocycles. The molecule has 2 rings (SSSR count). The first-order chi connectivity index (χ1) is 7.29. The third-order valence-electron chi connectivity index (χ3n) is 1.46. The summed E-state index contributed by atoms with van der Waals surface area (Å²) < 4.78 is 8.31. The average Bonchev–Trinajstić information content (AvgIpc) is 2.87. The van der Waals surface area contributed by atoms with E-state index in [2.05, 4.69) is 30.1 Å². The summed E-state index contributed by atoms with van der Waals surface area (Å²) in [5.74, 6) is -0.131. The van der Waals surface area contributed by atoms with Gasteiger partial charge in [0.15, 0.2) is 0 Å². The molecule has 8 nitrogen and oxygen atoms in total. The molecule has 0 fully saturated rings. The van der Waals surface area contributed by atoms with Gasteiger partial charge in [0.1, 0.15) is 4.88 Å². The Morgan fingerprint density at radius 3 is 3.13 bits per heavy atom.